The smallest absolute Gasteiger partial charge is 0.238 e. The number of primary sulfonamides is 1. The molecule has 172 valence electrons. The van der Waals surface area contributed by atoms with E-state index in [0.29, 0.717) is 5.92 Å². The maximum atomic E-state index is 11.7. The topological polar surface area (TPSA) is 97.7 Å². The molecule has 0 saturated carbocycles. The fraction of sp³-hybridized carbons (Fsp3) is 0.417. The molecule has 0 bridgehead atoms. The van der Waals surface area contributed by atoms with Gasteiger partial charge >= 0.3 is 0 Å². The van der Waals surface area contributed by atoms with Gasteiger partial charge < -0.3 is 14.5 Å². The third kappa shape index (κ3) is 4.54. The highest BCUT2D eigenvalue weighted by Crippen LogP contribution is 2.39. The van der Waals surface area contributed by atoms with E-state index in [4.69, 9.17) is 14.6 Å². The summed E-state index contributed by atoms with van der Waals surface area (Å²) in [5.41, 5.74) is 4.52. The predicted molar refractivity (Wildman–Crippen MR) is 125 cm³/mol. The van der Waals surface area contributed by atoms with Gasteiger partial charge in [-0.3, -0.25) is 4.90 Å². The minimum absolute atomic E-state index is 0.131. The molecule has 3 N–H and O–H groups in total. The molecule has 1 fully saturated rings. The number of nitrogens with two attached hydrogens (primary N) is 1. The fourth-order valence-electron chi connectivity index (χ4n) is 4.87. The summed E-state index contributed by atoms with van der Waals surface area (Å²) in [6, 6.07) is 11.3. The molecular formula is C24H31N3O4S. The highest BCUT2D eigenvalue weighted by molar-refractivity contribution is 7.89. The number of aryl methyl sites for hydroxylation is 1. The molecule has 7 nitrogen and oxygen atoms in total. The summed E-state index contributed by atoms with van der Waals surface area (Å²) >= 11 is 0. The number of piperidine rings is 1. The maximum absolute atomic E-state index is 11.7. The van der Waals surface area contributed by atoms with Crippen molar-refractivity contribution in [2.24, 2.45) is 11.1 Å². The molecule has 0 amide bonds. The summed E-state index contributed by atoms with van der Waals surface area (Å²) in [6.45, 7) is 4.45. The summed E-state index contributed by atoms with van der Waals surface area (Å²) in [7, 11) is -0.265. The van der Waals surface area contributed by atoms with E-state index in [-0.39, 0.29) is 10.9 Å². The molecule has 4 rings (SSSR count). The van der Waals surface area contributed by atoms with Crippen molar-refractivity contribution in [2.75, 3.05) is 27.4 Å². The van der Waals surface area contributed by atoms with Crippen molar-refractivity contribution >= 4 is 20.9 Å². The Kier molecular flexibility index (Phi) is 6.57. The second-order valence-corrected chi connectivity index (χ2v) is 10.1. The van der Waals surface area contributed by atoms with Crippen LogP contribution in [0.1, 0.15) is 35.6 Å². The zero-order chi connectivity index (χ0) is 22.9. The summed E-state index contributed by atoms with van der Waals surface area (Å²) in [6.07, 6.45) is 3.95. The van der Waals surface area contributed by atoms with E-state index < -0.39 is 10.0 Å². The van der Waals surface area contributed by atoms with Gasteiger partial charge in [-0.15, -0.1) is 0 Å². The predicted octanol–water partition coefficient (Wildman–Crippen LogP) is 3.73. The van der Waals surface area contributed by atoms with Crippen LogP contribution >= 0.6 is 0 Å². The van der Waals surface area contributed by atoms with Gasteiger partial charge in [0, 0.05) is 49.0 Å². The molecule has 0 spiro atoms. The Morgan fingerprint density at radius 1 is 1.19 bits per heavy atom. The Morgan fingerprint density at radius 2 is 1.94 bits per heavy atom. The van der Waals surface area contributed by atoms with Crippen molar-refractivity contribution in [1.82, 2.24) is 9.88 Å². The zero-order valence-corrected chi connectivity index (χ0v) is 19.6. The summed E-state index contributed by atoms with van der Waals surface area (Å²) in [4.78, 5) is 5.93. The van der Waals surface area contributed by atoms with Crippen LogP contribution in [-0.2, 0) is 21.3 Å². The van der Waals surface area contributed by atoms with Crippen LogP contribution in [0.4, 0.5) is 0 Å². The first-order valence-corrected chi connectivity index (χ1v) is 12.4. The Balaban J connectivity index is 1.70. The van der Waals surface area contributed by atoms with Crippen LogP contribution in [0.5, 0.6) is 5.75 Å². The Labute approximate surface area is 189 Å². The zero-order valence-electron chi connectivity index (χ0n) is 18.8. The Hall–Kier alpha value is -2.39. The van der Waals surface area contributed by atoms with E-state index in [1.807, 2.05) is 18.3 Å². The van der Waals surface area contributed by atoms with Gasteiger partial charge in [-0.05, 0) is 67.6 Å². The van der Waals surface area contributed by atoms with Crippen LogP contribution in [0, 0.1) is 12.8 Å². The van der Waals surface area contributed by atoms with Crippen LogP contribution in [0.3, 0.4) is 0 Å². The molecule has 1 saturated heterocycles. The monoisotopic (exact) mass is 457 g/mol. The number of rotatable bonds is 7. The Morgan fingerprint density at radius 3 is 2.59 bits per heavy atom. The number of nitrogens with one attached hydrogen (secondary N) is 1. The number of hydrogen-bond donors (Lipinski definition) is 2. The van der Waals surface area contributed by atoms with Crippen LogP contribution < -0.4 is 9.88 Å². The molecule has 1 aliphatic rings. The second kappa shape index (κ2) is 9.23. The number of likely N-dealkylation sites (tertiary alicyclic amines) is 1. The van der Waals surface area contributed by atoms with Gasteiger partial charge in [0.05, 0.1) is 12.0 Å². The number of hydrogen-bond acceptors (Lipinski definition) is 5. The van der Waals surface area contributed by atoms with Gasteiger partial charge in [-0.25, -0.2) is 13.6 Å². The van der Waals surface area contributed by atoms with Crippen molar-refractivity contribution < 1.29 is 17.9 Å². The van der Waals surface area contributed by atoms with E-state index in [1.165, 1.54) is 5.39 Å². The average molecular weight is 458 g/mol. The van der Waals surface area contributed by atoms with E-state index >= 15 is 0 Å². The number of aromatic amines is 1. The molecule has 3 aromatic rings. The molecule has 8 heteroatoms. The van der Waals surface area contributed by atoms with Gasteiger partial charge in [0.25, 0.3) is 0 Å². The van der Waals surface area contributed by atoms with Crippen molar-refractivity contribution in [1.29, 1.82) is 0 Å². The number of sulfonamides is 1. The lowest BCUT2D eigenvalue weighted by molar-refractivity contribution is 0.0579. The normalized spacial score (nSPS) is 20.0. The molecule has 0 radical (unpaired) electrons. The molecular weight excluding hydrogens is 426 g/mol. The molecule has 32 heavy (non-hydrogen) atoms. The van der Waals surface area contributed by atoms with Crippen LogP contribution in [0.2, 0.25) is 0 Å². The van der Waals surface area contributed by atoms with Crippen molar-refractivity contribution in [3.05, 3.63) is 59.3 Å². The maximum Gasteiger partial charge on any atom is 0.238 e. The molecule has 2 atom stereocenters. The van der Waals surface area contributed by atoms with Crippen molar-refractivity contribution in [3.63, 3.8) is 0 Å². The molecule has 2 heterocycles. The largest absolute Gasteiger partial charge is 0.496 e. The summed E-state index contributed by atoms with van der Waals surface area (Å²) < 4.78 is 34.6. The number of H-pyrrole nitrogens is 1. The van der Waals surface area contributed by atoms with Crippen LogP contribution in [0.25, 0.3) is 10.9 Å². The van der Waals surface area contributed by atoms with E-state index in [9.17, 15) is 8.42 Å². The first-order chi connectivity index (χ1) is 15.3. The minimum atomic E-state index is -3.72. The van der Waals surface area contributed by atoms with Crippen molar-refractivity contribution in [3.8, 4) is 5.75 Å². The summed E-state index contributed by atoms with van der Waals surface area (Å²) in [5, 5.41) is 6.46. The van der Waals surface area contributed by atoms with Crippen LogP contribution in [-0.4, -0.2) is 45.7 Å². The third-order valence-corrected chi connectivity index (χ3v) is 7.44. The number of nitrogens with zero attached hydrogens (tertiary/aromatic N) is 1. The second-order valence-electron chi connectivity index (χ2n) is 8.59. The Bertz CT molecular complexity index is 1190. The average Bonchev–Trinajstić information content (AvgIpc) is 3.27. The number of ether oxygens (including phenoxy) is 2. The van der Waals surface area contributed by atoms with E-state index in [0.717, 1.165) is 60.5 Å². The number of benzene rings is 2. The van der Waals surface area contributed by atoms with Crippen molar-refractivity contribution in [2.45, 2.75) is 37.2 Å². The number of fused-ring (bicyclic) bond motifs is 1. The van der Waals surface area contributed by atoms with Gasteiger partial charge in [0.15, 0.2) is 0 Å². The van der Waals surface area contributed by atoms with Gasteiger partial charge in [-0.1, -0.05) is 12.1 Å². The SMILES string of the molecule is COCC1CCN(Cc2c(OC)cc(C)c3[nH]ccc23)[C@H](c2ccc(S(N)(=O)=O)cc2)C1. The highest BCUT2D eigenvalue weighted by Gasteiger charge is 2.31. The van der Waals surface area contributed by atoms with E-state index in [1.54, 1.807) is 26.4 Å². The molecule has 0 aliphatic carbocycles. The first kappa shape index (κ1) is 22.8. The summed E-state index contributed by atoms with van der Waals surface area (Å²) in [5.74, 6) is 1.34. The molecule has 1 unspecified atom stereocenters. The lowest BCUT2D eigenvalue weighted by Crippen LogP contribution is -2.37. The lowest BCUT2D eigenvalue weighted by atomic mass is 9.87. The number of methoxy groups -OCH3 is 2. The van der Waals surface area contributed by atoms with E-state index in [2.05, 4.69) is 28.9 Å². The third-order valence-electron chi connectivity index (χ3n) is 6.51. The molecule has 1 aromatic heterocycles. The first-order valence-electron chi connectivity index (χ1n) is 10.8. The molecule has 2 aromatic carbocycles. The number of aromatic nitrogens is 1. The van der Waals surface area contributed by atoms with Gasteiger partial charge in [0.1, 0.15) is 5.75 Å². The minimum Gasteiger partial charge on any atom is -0.496 e. The highest BCUT2D eigenvalue weighted by atomic mass is 32.2. The standard InChI is InChI=1S/C24H31N3O4S/c1-16-12-23(31-3)21(20-8-10-26-24(16)20)14-27-11-9-17(15-30-2)13-22(27)18-4-6-19(7-5-18)32(25,28)29/h4-8,10,12,17,22,26H,9,11,13-15H2,1-3H3,(H2,25,28,29)/t17?,22-/m0/s1. The van der Waals surface area contributed by atoms with Gasteiger partial charge in [0.2, 0.25) is 10.0 Å². The fourth-order valence-corrected chi connectivity index (χ4v) is 5.39. The lowest BCUT2D eigenvalue weighted by Gasteiger charge is -2.40. The van der Waals surface area contributed by atoms with Gasteiger partial charge in [-0.2, -0.15) is 0 Å². The quantitative estimate of drug-likeness (QED) is 0.563. The molecule has 1 aliphatic heterocycles. The van der Waals surface area contributed by atoms with Crippen LogP contribution in [0.15, 0.2) is 47.5 Å².